The normalized spacial score (nSPS) is 12.5. The second-order valence-electron chi connectivity index (χ2n) is 2.90. The van der Waals surface area contributed by atoms with Crippen molar-refractivity contribution in [1.82, 2.24) is 0 Å². The Bertz CT molecular complexity index is 400. The third-order valence-electron chi connectivity index (χ3n) is 1.70. The van der Waals surface area contributed by atoms with Gasteiger partial charge in [-0.2, -0.15) is 0 Å². The van der Waals surface area contributed by atoms with Crippen molar-refractivity contribution < 1.29 is 9.90 Å². The molecule has 0 saturated heterocycles. The number of hydrogen-bond donors (Lipinski definition) is 2. The molecule has 0 radical (unpaired) electrons. The Balaban J connectivity index is 2.95. The van der Waals surface area contributed by atoms with Crippen LogP contribution in [0.25, 0.3) is 0 Å². The van der Waals surface area contributed by atoms with E-state index in [1.165, 1.54) is 11.8 Å². The lowest BCUT2D eigenvalue weighted by Crippen LogP contribution is -2.11. The molecule has 0 aliphatic heterocycles. The van der Waals surface area contributed by atoms with Gasteiger partial charge in [0.15, 0.2) is 0 Å². The molecule has 0 bridgehead atoms. The van der Waals surface area contributed by atoms with Gasteiger partial charge in [-0.25, -0.2) is 0 Å². The summed E-state index contributed by atoms with van der Waals surface area (Å²) in [4.78, 5) is 11.4. The lowest BCUT2D eigenvalue weighted by atomic mass is 10.3. The Kier molecular flexibility index (Phi) is 4.31. The van der Waals surface area contributed by atoms with E-state index in [1.807, 2.05) is 0 Å². The summed E-state index contributed by atoms with van der Waals surface area (Å²) in [5.41, 5.74) is 6.06. The number of halogens is 2. The van der Waals surface area contributed by atoms with E-state index < -0.39 is 11.2 Å². The summed E-state index contributed by atoms with van der Waals surface area (Å²) in [6.07, 6.45) is 0. The smallest absolute Gasteiger partial charge is 0.316 e. The van der Waals surface area contributed by atoms with E-state index in [4.69, 9.17) is 22.4 Å². The van der Waals surface area contributed by atoms with Crippen molar-refractivity contribution in [1.29, 1.82) is 0 Å². The summed E-state index contributed by atoms with van der Waals surface area (Å²) in [6, 6.07) is 3.32. The first-order chi connectivity index (χ1) is 6.91. The lowest BCUT2D eigenvalue weighted by molar-refractivity contribution is -0.136. The van der Waals surface area contributed by atoms with Crippen molar-refractivity contribution >= 4 is 50.9 Å². The number of nitrogen functional groups attached to an aromatic ring is 1. The number of rotatable bonds is 3. The average molecular weight is 311 g/mol. The van der Waals surface area contributed by atoms with Crippen LogP contribution >= 0.6 is 39.3 Å². The maximum atomic E-state index is 10.7. The van der Waals surface area contributed by atoms with Crippen LogP contribution in [0.3, 0.4) is 0 Å². The highest BCUT2D eigenvalue weighted by Crippen LogP contribution is 2.35. The highest BCUT2D eigenvalue weighted by atomic mass is 79.9. The van der Waals surface area contributed by atoms with Crippen LogP contribution in [0.1, 0.15) is 6.92 Å². The third kappa shape index (κ3) is 3.29. The highest BCUT2D eigenvalue weighted by Gasteiger charge is 2.15. The van der Waals surface area contributed by atoms with Crippen molar-refractivity contribution in [2.75, 3.05) is 5.73 Å². The van der Waals surface area contributed by atoms with E-state index >= 15 is 0 Å². The molecule has 0 aliphatic carbocycles. The zero-order chi connectivity index (χ0) is 11.6. The summed E-state index contributed by atoms with van der Waals surface area (Å²) < 4.78 is 0.752. The van der Waals surface area contributed by atoms with E-state index in [-0.39, 0.29) is 0 Å². The third-order valence-corrected chi connectivity index (χ3v) is 4.10. The quantitative estimate of drug-likeness (QED) is 0.664. The SMILES string of the molecule is CC(Sc1cc(Cl)c(N)cc1Br)C(=O)O. The van der Waals surface area contributed by atoms with Gasteiger partial charge in [-0.3, -0.25) is 4.79 Å². The fourth-order valence-corrected chi connectivity index (χ4v) is 2.58. The summed E-state index contributed by atoms with van der Waals surface area (Å²) in [5, 5.41) is 8.67. The van der Waals surface area contributed by atoms with Gasteiger partial charge in [-0.05, 0) is 35.0 Å². The number of aliphatic carboxylic acids is 1. The van der Waals surface area contributed by atoms with Crippen LogP contribution in [0, 0.1) is 0 Å². The minimum absolute atomic E-state index is 0.429. The number of benzene rings is 1. The molecule has 0 amide bonds. The van der Waals surface area contributed by atoms with Crippen molar-refractivity contribution in [3.05, 3.63) is 21.6 Å². The maximum absolute atomic E-state index is 10.7. The summed E-state index contributed by atoms with van der Waals surface area (Å²) in [7, 11) is 0. The molecule has 0 spiro atoms. The number of anilines is 1. The molecule has 1 aromatic rings. The van der Waals surface area contributed by atoms with Gasteiger partial charge < -0.3 is 10.8 Å². The molecule has 0 aromatic heterocycles. The Morgan fingerprint density at radius 3 is 2.80 bits per heavy atom. The number of carboxylic acid groups (broad SMARTS) is 1. The second kappa shape index (κ2) is 5.09. The van der Waals surface area contributed by atoms with Crippen LogP contribution in [-0.2, 0) is 4.79 Å². The minimum atomic E-state index is -0.861. The number of hydrogen-bond acceptors (Lipinski definition) is 3. The van der Waals surface area contributed by atoms with Crippen LogP contribution in [0.15, 0.2) is 21.5 Å². The van der Waals surface area contributed by atoms with E-state index in [0.29, 0.717) is 10.7 Å². The first-order valence-corrected chi connectivity index (χ1v) is 6.11. The van der Waals surface area contributed by atoms with Crippen LogP contribution in [0.2, 0.25) is 5.02 Å². The molecule has 15 heavy (non-hydrogen) atoms. The molecule has 0 fully saturated rings. The van der Waals surface area contributed by atoms with E-state index in [1.54, 1.807) is 19.1 Å². The van der Waals surface area contributed by atoms with Gasteiger partial charge in [-0.15, -0.1) is 11.8 Å². The van der Waals surface area contributed by atoms with Crippen molar-refractivity contribution in [3.63, 3.8) is 0 Å². The molecule has 1 atom stereocenters. The van der Waals surface area contributed by atoms with Gasteiger partial charge in [0.1, 0.15) is 5.25 Å². The standard InChI is InChI=1S/C9H9BrClNO2S/c1-4(9(13)14)15-8-3-6(11)7(12)2-5(8)10/h2-4H,12H2,1H3,(H,13,14). The Hall–Kier alpha value is -0.390. The highest BCUT2D eigenvalue weighted by molar-refractivity contribution is 9.10. The van der Waals surface area contributed by atoms with Crippen molar-refractivity contribution in [2.24, 2.45) is 0 Å². The number of carbonyl (C=O) groups is 1. The van der Waals surface area contributed by atoms with Crippen LogP contribution in [0.5, 0.6) is 0 Å². The number of carboxylic acids is 1. The number of thioether (sulfide) groups is 1. The van der Waals surface area contributed by atoms with E-state index in [0.717, 1.165) is 9.37 Å². The topological polar surface area (TPSA) is 63.3 Å². The predicted octanol–water partition coefficient (Wildman–Crippen LogP) is 3.25. The van der Waals surface area contributed by atoms with Crippen LogP contribution in [0.4, 0.5) is 5.69 Å². The molecular formula is C9H9BrClNO2S. The molecule has 3 N–H and O–H groups in total. The molecule has 3 nitrogen and oxygen atoms in total. The minimum Gasteiger partial charge on any atom is -0.480 e. The molecule has 0 aliphatic rings. The average Bonchev–Trinajstić information content (AvgIpc) is 2.13. The predicted molar refractivity (Wildman–Crippen MR) is 66.5 cm³/mol. The van der Waals surface area contributed by atoms with Gasteiger partial charge in [0, 0.05) is 9.37 Å². The molecule has 1 aromatic carbocycles. The number of nitrogens with two attached hydrogens (primary N) is 1. The Morgan fingerprint density at radius 1 is 1.67 bits per heavy atom. The van der Waals surface area contributed by atoms with Crippen molar-refractivity contribution in [3.8, 4) is 0 Å². The monoisotopic (exact) mass is 309 g/mol. The zero-order valence-corrected chi connectivity index (χ0v) is 11.0. The van der Waals surface area contributed by atoms with Crippen molar-refractivity contribution in [2.45, 2.75) is 17.1 Å². The molecule has 82 valence electrons. The first-order valence-electron chi connectivity index (χ1n) is 4.05. The summed E-state index contributed by atoms with van der Waals surface area (Å²) in [5.74, 6) is -0.861. The Labute approximate surface area is 105 Å². The lowest BCUT2D eigenvalue weighted by Gasteiger charge is -2.09. The van der Waals surface area contributed by atoms with Gasteiger partial charge in [-0.1, -0.05) is 11.6 Å². The van der Waals surface area contributed by atoms with Crippen LogP contribution in [-0.4, -0.2) is 16.3 Å². The largest absolute Gasteiger partial charge is 0.480 e. The zero-order valence-electron chi connectivity index (χ0n) is 7.83. The van der Waals surface area contributed by atoms with E-state index in [9.17, 15) is 4.79 Å². The first kappa shape index (κ1) is 12.7. The van der Waals surface area contributed by atoms with E-state index in [2.05, 4.69) is 15.9 Å². The van der Waals surface area contributed by atoms with Gasteiger partial charge in [0.25, 0.3) is 0 Å². The molecule has 1 rings (SSSR count). The van der Waals surface area contributed by atoms with Gasteiger partial charge in [0.05, 0.1) is 10.7 Å². The van der Waals surface area contributed by atoms with Crippen LogP contribution < -0.4 is 5.73 Å². The van der Waals surface area contributed by atoms with Gasteiger partial charge in [0.2, 0.25) is 0 Å². The molecule has 6 heteroatoms. The fourth-order valence-electron chi connectivity index (χ4n) is 0.875. The van der Waals surface area contributed by atoms with Gasteiger partial charge >= 0.3 is 5.97 Å². The fraction of sp³-hybridized carbons (Fsp3) is 0.222. The second-order valence-corrected chi connectivity index (χ2v) is 5.55. The molecule has 1 unspecified atom stereocenters. The molecule has 0 heterocycles. The molecular weight excluding hydrogens is 302 g/mol. The molecule has 0 saturated carbocycles. The maximum Gasteiger partial charge on any atom is 0.316 e. The summed E-state index contributed by atoms with van der Waals surface area (Å²) in [6.45, 7) is 1.61. The summed E-state index contributed by atoms with van der Waals surface area (Å²) >= 11 is 10.4. The Morgan fingerprint density at radius 2 is 2.27 bits per heavy atom.